The highest BCUT2D eigenvalue weighted by molar-refractivity contribution is 7.16. The largest absolute Gasteiger partial charge is 0.480 e. The minimum atomic E-state index is -4.41. The van der Waals surface area contributed by atoms with E-state index in [0.717, 1.165) is 29.9 Å². The second-order valence-corrected chi connectivity index (χ2v) is 8.00. The van der Waals surface area contributed by atoms with Crippen LogP contribution in [-0.2, 0) is 11.0 Å². The Hall–Kier alpha value is -1.57. The molecule has 1 aliphatic heterocycles. The van der Waals surface area contributed by atoms with Crippen LogP contribution in [0, 0.1) is 0 Å². The standard InChI is InChI=1S/C18H17ClF3NO2S/c19-15-9-8-14(26-15)16(23-10-2-1-3-13(23)17(24)25)11-4-6-12(7-5-11)18(20,21)22/h4-9,13,16H,1-3,10H2,(H,24,25). The molecule has 2 atom stereocenters. The van der Waals surface area contributed by atoms with Gasteiger partial charge in [0.1, 0.15) is 6.04 Å². The number of hydrogen-bond donors (Lipinski definition) is 1. The zero-order valence-electron chi connectivity index (χ0n) is 13.7. The first-order valence-electron chi connectivity index (χ1n) is 8.18. The molecule has 3 nitrogen and oxygen atoms in total. The second-order valence-electron chi connectivity index (χ2n) is 6.25. The van der Waals surface area contributed by atoms with E-state index in [2.05, 4.69) is 0 Å². The third-order valence-corrected chi connectivity index (χ3v) is 5.86. The number of carboxylic acid groups (broad SMARTS) is 1. The van der Waals surface area contributed by atoms with Crippen molar-refractivity contribution in [2.24, 2.45) is 0 Å². The van der Waals surface area contributed by atoms with E-state index in [-0.39, 0.29) is 0 Å². The van der Waals surface area contributed by atoms with Gasteiger partial charge in [-0.3, -0.25) is 9.69 Å². The SMILES string of the molecule is O=C(O)C1CCCCN1C(c1ccc(C(F)(F)F)cc1)c1ccc(Cl)s1. The third-order valence-electron chi connectivity index (χ3n) is 4.58. The molecule has 1 N–H and O–H groups in total. The number of thiophene rings is 1. The lowest BCUT2D eigenvalue weighted by Crippen LogP contribution is -2.46. The molecule has 0 bridgehead atoms. The van der Waals surface area contributed by atoms with Crippen molar-refractivity contribution in [2.45, 2.75) is 37.5 Å². The zero-order valence-corrected chi connectivity index (χ0v) is 15.2. The number of piperidine rings is 1. The molecule has 1 fully saturated rings. The summed E-state index contributed by atoms with van der Waals surface area (Å²) >= 11 is 7.37. The monoisotopic (exact) mass is 403 g/mol. The number of halogens is 4. The van der Waals surface area contributed by atoms with E-state index in [0.29, 0.717) is 22.9 Å². The molecule has 0 amide bonds. The molecule has 0 radical (unpaired) electrons. The highest BCUT2D eigenvalue weighted by Crippen LogP contribution is 2.39. The second kappa shape index (κ2) is 7.58. The van der Waals surface area contributed by atoms with Crippen LogP contribution in [0.1, 0.15) is 41.3 Å². The van der Waals surface area contributed by atoms with E-state index < -0.39 is 29.8 Å². The first-order chi connectivity index (χ1) is 12.3. The summed E-state index contributed by atoms with van der Waals surface area (Å²) in [4.78, 5) is 14.4. The molecule has 1 aliphatic rings. The van der Waals surface area contributed by atoms with Gasteiger partial charge in [0, 0.05) is 4.88 Å². The summed E-state index contributed by atoms with van der Waals surface area (Å²) in [6, 6.07) is 7.35. The van der Waals surface area contributed by atoms with Crippen LogP contribution in [0.4, 0.5) is 13.2 Å². The predicted octanol–water partition coefficient (Wildman–Crippen LogP) is 5.45. The maximum absolute atomic E-state index is 12.9. The van der Waals surface area contributed by atoms with E-state index in [1.54, 1.807) is 6.07 Å². The smallest absolute Gasteiger partial charge is 0.416 e. The fraction of sp³-hybridized carbons (Fsp3) is 0.389. The summed E-state index contributed by atoms with van der Waals surface area (Å²) in [7, 11) is 0. The molecular weight excluding hydrogens is 387 g/mol. The number of nitrogens with zero attached hydrogens (tertiary/aromatic N) is 1. The number of carbonyl (C=O) groups is 1. The molecule has 2 unspecified atom stereocenters. The summed E-state index contributed by atoms with van der Waals surface area (Å²) in [5.74, 6) is -0.913. The van der Waals surface area contributed by atoms with E-state index in [4.69, 9.17) is 11.6 Å². The lowest BCUT2D eigenvalue weighted by atomic mass is 9.95. The molecule has 3 rings (SSSR count). The van der Waals surface area contributed by atoms with Crippen LogP contribution in [0.15, 0.2) is 36.4 Å². The van der Waals surface area contributed by atoms with Gasteiger partial charge in [0.2, 0.25) is 0 Å². The van der Waals surface area contributed by atoms with Crippen LogP contribution in [0.3, 0.4) is 0 Å². The summed E-state index contributed by atoms with van der Waals surface area (Å²) in [5, 5.41) is 9.59. The molecule has 0 spiro atoms. The van der Waals surface area contributed by atoms with Gasteiger partial charge in [0.15, 0.2) is 0 Å². The first kappa shape index (κ1) is 19.2. The summed E-state index contributed by atoms with van der Waals surface area (Å²) in [6.45, 7) is 0.568. The minimum Gasteiger partial charge on any atom is -0.480 e. The van der Waals surface area contributed by atoms with Crippen molar-refractivity contribution < 1.29 is 23.1 Å². The fourth-order valence-corrected chi connectivity index (χ4v) is 4.59. The van der Waals surface area contributed by atoms with Crippen LogP contribution in [0.25, 0.3) is 0 Å². The van der Waals surface area contributed by atoms with Gasteiger partial charge >= 0.3 is 12.1 Å². The number of rotatable bonds is 4. The quantitative estimate of drug-likeness (QED) is 0.738. The molecule has 0 aliphatic carbocycles. The van der Waals surface area contributed by atoms with Gasteiger partial charge in [-0.15, -0.1) is 11.3 Å². The van der Waals surface area contributed by atoms with Crippen LogP contribution in [0.2, 0.25) is 4.34 Å². The third kappa shape index (κ3) is 4.05. The normalized spacial score (nSPS) is 20.1. The zero-order chi connectivity index (χ0) is 18.9. The van der Waals surface area contributed by atoms with Crippen LogP contribution in [-0.4, -0.2) is 28.6 Å². The van der Waals surface area contributed by atoms with Crippen molar-refractivity contribution in [3.05, 3.63) is 56.7 Å². The Bertz CT molecular complexity index is 775. The Morgan fingerprint density at radius 3 is 2.42 bits per heavy atom. The average Bonchev–Trinajstić information content (AvgIpc) is 3.01. The molecule has 8 heteroatoms. The molecular formula is C18H17ClF3NO2S. The number of carboxylic acids is 1. The van der Waals surface area contributed by atoms with E-state index in [1.165, 1.54) is 23.5 Å². The van der Waals surface area contributed by atoms with Gasteiger partial charge in [-0.2, -0.15) is 13.2 Å². The van der Waals surface area contributed by atoms with Crippen molar-refractivity contribution in [1.82, 2.24) is 4.90 Å². The molecule has 2 aromatic rings. The highest BCUT2D eigenvalue weighted by Gasteiger charge is 2.36. The number of likely N-dealkylation sites (tertiary alicyclic amines) is 1. The average molecular weight is 404 g/mol. The van der Waals surface area contributed by atoms with E-state index >= 15 is 0 Å². The van der Waals surface area contributed by atoms with Gasteiger partial charge in [0.05, 0.1) is 15.9 Å². The number of aliphatic carboxylic acids is 1. The highest BCUT2D eigenvalue weighted by atomic mass is 35.5. The fourth-order valence-electron chi connectivity index (χ4n) is 3.38. The molecule has 2 heterocycles. The van der Waals surface area contributed by atoms with Crippen molar-refractivity contribution in [2.75, 3.05) is 6.54 Å². The van der Waals surface area contributed by atoms with Crippen molar-refractivity contribution in [1.29, 1.82) is 0 Å². The Morgan fingerprint density at radius 1 is 1.19 bits per heavy atom. The first-order valence-corrected chi connectivity index (χ1v) is 9.38. The van der Waals surface area contributed by atoms with E-state index in [1.807, 2.05) is 11.0 Å². The van der Waals surface area contributed by atoms with Crippen LogP contribution >= 0.6 is 22.9 Å². The Labute approximate surface area is 158 Å². The summed E-state index contributed by atoms with van der Waals surface area (Å²) < 4.78 is 39.2. The molecule has 26 heavy (non-hydrogen) atoms. The van der Waals surface area contributed by atoms with E-state index in [9.17, 15) is 23.1 Å². The topological polar surface area (TPSA) is 40.5 Å². The molecule has 1 saturated heterocycles. The summed E-state index contributed by atoms with van der Waals surface area (Å²) in [6.07, 6.45) is -2.22. The van der Waals surface area contributed by atoms with Gasteiger partial charge < -0.3 is 5.11 Å². The molecule has 1 aromatic carbocycles. The predicted molar refractivity (Wildman–Crippen MR) is 94.6 cm³/mol. The van der Waals surface area contributed by atoms with Crippen LogP contribution in [0.5, 0.6) is 0 Å². The maximum Gasteiger partial charge on any atom is 0.416 e. The lowest BCUT2D eigenvalue weighted by molar-refractivity contribution is -0.145. The lowest BCUT2D eigenvalue weighted by Gasteiger charge is -2.39. The summed E-state index contributed by atoms with van der Waals surface area (Å²) in [5.41, 5.74) is -0.0951. The number of alkyl halides is 3. The van der Waals surface area contributed by atoms with Crippen LogP contribution < -0.4 is 0 Å². The maximum atomic E-state index is 12.9. The molecule has 0 saturated carbocycles. The number of hydrogen-bond acceptors (Lipinski definition) is 3. The molecule has 140 valence electrons. The van der Waals surface area contributed by atoms with Gasteiger partial charge in [-0.1, -0.05) is 30.2 Å². The Kier molecular flexibility index (Phi) is 5.60. The Balaban J connectivity index is 2.02. The number of benzene rings is 1. The molecule has 1 aromatic heterocycles. The van der Waals surface area contributed by atoms with Crippen molar-refractivity contribution >= 4 is 28.9 Å². The van der Waals surface area contributed by atoms with Gasteiger partial charge in [-0.05, 0) is 49.2 Å². The van der Waals surface area contributed by atoms with Gasteiger partial charge in [-0.25, -0.2) is 0 Å². The minimum absolute atomic E-state index is 0.434. The Morgan fingerprint density at radius 2 is 1.88 bits per heavy atom. The van der Waals surface area contributed by atoms with Crippen molar-refractivity contribution in [3.63, 3.8) is 0 Å². The van der Waals surface area contributed by atoms with Crippen molar-refractivity contribution in [3.8, 4) is 0 Å². The van der Waals surface area contributed by atoms with Gasteiger partial charge in [0.25, 0.3) is 0 Å².